The van der Waals surface area contributed by atoms with E-state index in [0.29, 0.717) is 51.4 Å². The van der Waals surface area contributed by atoms with Gasteiger partial charge in [-0.1, -0.05) is 11.6 Å². The summed E-state index contributed by atoms with van der Waals surface area (Å²) in [6, 6.07) is 10.9. The number of hydrogen-bond donors (Lipinski definition) is 1. The molecule has 4 aromatic rings. The molecule has 182 valence electrons. The Morgan fingerprint density at radius 1 is 1.03 bits per heavy atom. The fourth-order valence-electron chi connectivity index (χ4n) is 3.10. The van der Waals surface area contributed by atoms with Gasteiger partial charge in [-0.2, -0.15) is 13.2 Å². The van der Waals surface area contributed by atoms with Crippen LogP contribution in [0.1, 0.15) is 12.7 Å². The van der Waals surface area contributed by atoms with Crippen LogP contribution in [0.15, 0.2) is 59.6 Å². The molecule has 0 radical (unpaired) electrons. The van der Waals surface area contributed by atoms with Gasteiger partial charge in [0.1, 0.15) is 18.1 Å². The van der Waals surface area contributed by atoms with Gasteiger partial charge in [0.25, 0.3) is 9.84 Å². The molecule has 3 heterocycles. The van der Waals surface area contributed by atoms with Crippen LogP contribution >= 0.6 is 11.6 Å². The fourth-order valence-corrected chi connectivity index (χ4v) is 4.08. The Labute approximate surface area is 203 Å². The molecule has 0 aliphatic rings. The quantitative estimate of drug-likeness (QED) is 0.347. The van der Waals surface area contributed by atoms with Crippen LogP contribution in [0.4, 0.5) is 24.7 Å². The molecule has 0 spiro atoms. The SMILES string of the molecule is CCOCc1nc(Nc2ccc(S(=O)(=O)C(F)(F)F)cc2)c2ccc(-c3ncccc3Cl)nc2n1. The molecule has 0 saturated carbocycles. The summed E-state index contributed by atoms with van der Waals surface area (Å²) in [5, 5.41) is 3.91. The standard InChI is InChI=1S/C22H17ClF3N5O3S/c1-2-34-12-18-30-20(28-13-5-7-14(8-6-13)35(32,33)22(24,25)26)15-9-10-17(29-21(15)31-18)19-16(23)4-3-11-27-19/h3-11H,2,12H2,1H3,(H,28,29,30,31). The third-order valence-electron chi connectivity index (χ3n) is 4.77. The number of ether oxygens (including phenoxy) is 1. The van der Waals surface area contributed by atoms with Crippen LogP contribution in [-0.2, 0) is 21.2 Å². The number of nitrogens with zero attached hydrogens (tertiary/aromatic N) is 4. The summed E-state index contributed by atoms with van der Waals surface area (Å²) in [7, 11) is -5.45. The van der Waals surface area contributed by atoms with Crippen LogP contribution < -0.4 is 5.32 Å². The van der Waals surface area contributed by atoms with Gasteiger partial charge in [0.2, 0.25) is 0 Å². The van der Waals surface area contributed by atoms with Gasteiger partial charge in [0.05, 0.1) is 21.0 Å². The molecular weight excluding hydrogens is 507 g/mol. The fraction of sp³-hybridized carbons (Fsp3) is 0.182. The first-order valence-corrected chi connectivity index (χ1v) is 12.0. The predicted molar refractivity (Wildman–Crippen MR) is 124 cm³/mol. The minimum absolute atomic E-state index is 0.0974. The summed E-state index contributed by atoms with van der Waals surface area (Å²) in [4.78, 5) is 16.8. The van der Waals surface area contributed by atoms with Gasteiger partial charge in [-0.15, -0.1) is 0 Å². The van der Waals surface area contributed by atoms with Crippen molar-refractivity contribution in [1.29, 1.82) is 0 Å². The lowest BCUT2D eigenvalue weighted by molar-refractivity contribution is -0.0436. The first-order valence-electron chi connectivity index (χ1n) is 10.1. The van der Waals surface area contributed by atoms with E-state index in [2.05, 4.69) is 25.3 Å². The Balaban J connectivity index is 1.74. The van der Waals surface area contributed by atoms with E-state index in [0.717, 1.165) is 12.1 Å². The van der Waals surface area contributed by atoms with E-state index < -0.39 is 20.2 Å². The molecule has 0 unspecified atom stereocenters. The summed E-state index contributed by atoms with van der Waals surface area (Å²) in [5.41, 5.74) is -3.81. The van der Waals surface area contributed by atoms with Crippen molar-refractivity contribution in [1.82, 2.24) is 19.9 Å². The zero-order chi connectivity index (χ0) is 25.2. The number of sulfone groups is 1. The van der Waals surface area contributed by atoms with Gasteiger partial charge in [0.15, 0.2) is 11.5 Å². The van der Waals surface area contributed by atoms with Crippen LogP contribution in [0.2, 0.25) is 5.02 Å². The first kappa shape index (κ1) is 24.8. The Kier molecular flexibility index (Phi) is 6.88. The second-order valence-electron chi connectivity index (χ2n) is 7.13. The molecule has 3 aromatic heterocycles. The number of alkyl halides is 3. The molecule has 0 fully saturated rings. The molecule has 1 N–H and O–H groups in total. The number of anilines is 2. The van der Waals surface area contributed by atoms with E-state index in [1.807, 2.05) is 6.92 Å². The lowest BCUT2D eigenvalue weighted by atomic mass is 10.2. The van der Waals surface area contributed by atoms with Crippen LogP contribution in [0.25, 0.3) is 22.4 Å². The van der Waals surface area contributed by atoms with Crippen molar-refractivity contribution in [3.05, 3.63) is 65.6 Å². The smallest absolute Gasteiger partial charge is 0.374 e. The Morgan fingerprint density at radius 3 is 2.43 bits per heavy atom. The van der Waals surface area contributed by atoms with E-state index in [1.54, 1.807) is 30.5 Å². The van der Waals surface area contributed by atoms with Crippen LogP contribution in [0, 0.1) is 0 Å². The molecule has 35 heavy (non-hydrogen) atoms. The Hall–Kier alpha value is -3.35. The molecule has 0 amide bonds. The van der Waals surface area contributed by atoms with E-state index >= 15 is 0 Å². The third-order valence-corrected chi connectivity index (χ3v) is 6.58. The van der Waals surface area contributed by atoms with Gasteiger partial charge >= 0.3 is 5.51 Å². The van der Waals surface area contributed by atoms with Gasteiger partial charge in [0, 0.05) is 18.5 Å². The number of fused-ring (bicyclic) bond motifs is 1. The van der Waals surface area contributed by atoms with E-state index in [-0.39, 0.29) is 6.61 Å². The van der Waals surface area contributed by atoms with E-state index in [1.165, 1.54) is 12.1 Å². The Bertz CT molecular complexity index is 1480. The summed E-state index contributed by atoms with van der Waals surface area (Å²) in [6.45, 7) is 2.34. The highest BCUT2D eigenvalue weighted by molar-refractivity contribution is 7.92. The van der Waals surface area contributed by atoms with Gasteiger partial charge in [-0.25, -0.2) is 23.4 Å². The Morgan fingerprint density at radius 2 is 1.77 bits per heavy atom. The monoisotopic (exact) mass is 523 g/mol. The average molecular weight is 524 g/mol. The molecule has 0 saturated heterocycles. The first-order chi connectivity index (χ1) is 16.6. The summed E-state index contributed by atoms with van der Waals surface area (Å²) < 4.78 is 67.1. The van der Waals surface area contributed by atoms with Gasteiger partial charge in [-0.05, 0) is 55.5 Å². The highest BCUT2D eigenvalue weighted by Gasteiger charge is 2.46. The van der Waals surface area contributed by atoms with Crippen molar-refractivity contribution in [2.24, 2.45) is 0 Å². The number of halogens is 4. The average Bonchev–Trinajstić information content (AvgIpc) is 2.82. The molecule has 0 aliphatic heterocycles. The molecule has 8 nitrogen and oxygen atoms in total. The van der Waals surface area contributed by atoms with Crippen molar-refractivity contribution in [3.63, 3.8) is 0 Å². The van der Waals surface area contributed by atoms with Gasteiger partial charge in [-0.3, -0.25) is 4.98 Å². The van der Waals surface area contributed by atoms with Crippen molar-refractivity contribution < 1.29 is 26.3 Å². The molecular formula is C22H17ClF3N5O3S. The van der Waals surface area contributed by atoms with Crippen LogP contribution in [0.3, 0.4) is 0 Å². The lowest BCUT2D eigenvalue weighted by Gasteiger charge is -2.13. The summed E-state index contributed by atoms with van der Waals surface area (Å²) >= 11 is 6.24. The highest BCUT2D eigenvalue weighted by atomic mass is 35.5. The van der Waals surface area contributed by atoms with Crippen molar-refractivity contribution in [2.75, 3.05) is 11.9 Å². The van der Waals surface area contributed by atoms with E-state index in [9.17, 15) is 21.6 Å². The van der Waals surface area contributed by atoms with Crippen LogP contribution in [-0.4, -0.2) is 40.5 Å². The maximum absolute atomic E-state index is 12.8. The van der Waals surface area contributed by atoms with Gasteiger partial charge < -0.3 is 10.1 Å². The van der Waals surface area contributed by atoms with Crippen LogP contribution in [0.5, 0.6) is 0 Å². The van der Waals surface area contributed by atoms with E-state index in [4.69, 9.17) is 16.3 Å². The molecule has 0 atom stereocenters. The largest absolute Gasteiger partial charge is 0.501 e. The predicted octanol–water partition coefficient (Wildman–Crippen LogP) is 5.31. The maximum Gasteiger partial charge on any atom is 0.501 e. The maximum atomic E-state index is 12.8. The number of aromatic nitrogens is 4. The zero-order valence-corrected chi connectivity index (χ0v) is 19.6. The summed E-state index contributed by atoms with van der Waals surface area (Å²) in [6.07, 6.45) is 1.59. The topological polar surface area (TPSA) is 107 Å². The second kappa shape index (κ2) is 9.72. The molecule has 0 bridgehead atoms. The molecule has 13 heteroatoms. The summed E-state index contributed by atoms with van der Waals surface area (Å²) in [5.74, 6) is 0.622. The number of benzene rings is 1. The van der Waals surface area contributed by atoms with Crippen molar-refractivity contribution in [2.45, 2.75) is 23.9 Å². The number of pyridine rings is 2. The highest BCUT2D eigenvalue weighted by Crippen LogP contribution is 2.32. The molecule has 4 rings (SSSR count). The molecule has 1 aromatic carbocycles. The number of rotatable bonds is 7. The van der Waals surface area contributed by atoms with Crippen molar-refractivity contribution >= 4 is 44.0 Å². The zero-order valence-electron chi connectivity index (χ0n) is 18.0. The minimum Gasteiger partial charge on any atom is -0.374 e. The number of hydrogen-bond acceptors (Lipinski definition) is 8. The second-order valence-corrected chi connectivity index (χ2v) is 9.47. The lowest BCUT2D eigenvalue weighted by Crippen LogP contribution is -2.23. The van der Waals surface area contributed by atoms with Crippen molar-refractivity contribution in [3.8, 4) is 11.4 Å². The molecule has 0 aliphatic carbocycles. The minimum atomic E-state index is -5.45. The number of nitrogens with one attached hydrogen (secondary N) is 1. The normalized spacial score (nSPS) is 12.1. The third kappa shape index (κ3) is 5.19.